The van der Waals surface area contributed by atoms with E-state index in [1.54, 1.807) is 50.4 Å². The second-order valence-electron chi connectivity index (χ2n) is 7.57. The van der Waals surface area contributed by atoms with Crippen molar-refractivity contribution in [1.29, 1.82) is 0 Å². The molecule has 0 saturated heterocycles. The molecule has 8 nitrogen and oxygen atoms in total. The van der Waals surface area contributed by atoms with Crippen LogP contribution >= 0.6 is 0 Å². The van der Waals surface area contributed by atoms with E-state index in [9.17, 15) is 14.4 Å². The molecular formula is C24H32N4O4. The van der Waals surface area contributed by atoms with Gasteiger partial charge in [-0.05, 0) is 54.8 Å². The molecule has 2 aromatic carbocycles. The van der Waals surface area contributed by atoms with Gasteiger partial charge >= 0.3 is 0 Å². The highest BCUT2D eigenvalue weighted by molar-refractivity contribution is 5.96. The van der Waals surface area contributed by atoms with Gasteiger partial charge in [0.05, 0.1) is 6.54 Å². The lowest BCUT2D eigenvalue weighted by Crippen LogP contribution is -2.25. The summed E-state index contributed by atoms with van der Waals surface area (Å²) in [5.74, 6) is -0.278. The van der Waals surface area contributed by atoms with Gasteiger partial charge in [0.1, 0.15) is 0 Å². The van der Waals surface area contributed by atoms with Crippen LogP contribution in [0.3, 0.4) is 0 Å². The largest absolute Gasteiger partial charge is 0.385 e. The lowest BCUT2D eigenvalue weighted by Gasteiger charge is -2.11. The molecule has 2 aromatic rings. The predicted molar refractivity (Wildman–Crippen MR) is 126 cm³/mol. The van der Waals surface area contributed by atoms with Gasteiger partial charge in [-0.2, -0.15) is 0 Å². The van der Waals surface area contributed by atoms with Crippen LogP contribution in [-0.2, 0) is 20.7 Å². The number of carbonyl (C=O) groups excluding carboxylic acids is 3. The second-order valence-corrected chi connectivity index (χ2v) is 7.57. The fourth-order valence-electron chi connectivity index (χ4n) is 2.92. The van der Waals surface area contributed by atoms with Gasteiger partial charge in [0, 0.05) is 57.7 Å². The topological polar surface area (TPSA) is 99.8 Å². The van der Waals surface area contributed by atoms with Gasteiger partial charge in [-0.15, -0.1) is 0 Å². The number of nitrogens with one attached hydrogen (secondary N) is 3. The van der Waals surface area contributed by atoms with Crippen LogP contribution in [0.5, 0.6) is 0 Å². The van der Waals surface area contributed by atoms with E-state index in [1.165, 1.54) is 0 Å². The zero-order valence-corrected chi connectivity index (χ0v) is 18.9. The van der Waals surface area contributed by atoms with E-state index < -0.39 is 0 Å². The van der Waals surface area contributed by atoms with E-state index >= 15 is 0 Å². The van der Waals surface area contributed by atoms with Crippen molar-refractivity contribution in [2.45, 2.75) is 19.3 Å². The Hall–Kier alpha value is -3.39. The normalized spacial score (nSPS) is 10.3. The van der Waals surface area contributed by atoms with Crippen LogP contribution in [-0.4, -0.2) is 63.5 Å². The summed E-state index contributed by atoms with van der Waals surface area (Å²) in [6, 6.07) is 14.4. The first-order valence-electron chi connectivity index (χ1n) is 10.6. The molecule has 0 aliphatic carbocycles. The fraction of sp³-hybridized carbons (Fsp3) is 0.375. The van der Waals surface area contributed by atoms with Crippen molar-refractivity contribution >= 4 is 29.1 Å². The monoisotopic (exact) mass is 440 g/mol. The van der Waals surface area contributed by atoms with Crippen molar-refractivity contribution in [2.75, 3.05) is 51.5 Å². The van der Waals surface area contributed by atoms with Crippen LogP contribution in [0.1, 0.15) is 28.8 Å². The maximum absolute atomic E-state index is 12.3. The van der Waals surface area contributed by atoms with Crippen LogP contribution in [0.2, 0.25) is 0 Å². The third-order valence-corrected chi connectivity index (χ3v) is 4.75. The average Bonchev–Trinajstić information content (AvgIpc) is 2.79. The van der Waals surface area contributed by atoms with Gasteiger partial charge < -0.3 is 25.6 Å². The highest BCUT2D eigenvalue weighted by Gasteiger charge is 2.08. The van der Waals surface area contributed by atoms with Crippen LogP contribution < -0.4 is 16.0 Å². The first-order valence-corrected chi connectivity index (χ1v) is 10.6. The van der Waals surface area contributed by atoms with Crippen LogP contribution in [0.4, 0.5) is 11.4 Å². The first kappa shape index (κ1) is 24.9. The molecular weight excluding hydrogens is 408 g/mol. The lowest BCUT2D eigenvalue weighted by atomic mass is 10.1. The molecule has 0 atom stereocenters. The predicted octanol–water partition coefficient (Wildman–Crippen LogP) is 2.52. The van der Waals surface area contributed by atoms with Crippen LogP contribution in [0.25, 0.3) is 0 Å². The molecule has 0 radical (unpaired) electrons. The Bertz CT molecular complexity index is 897. The third-order valence-electron chi connectivity index (χ3n) is 4.75. The standard InChI is InChI=1S/C24H32N4O4/c1-28(2)23(30)13-8-18-6-4-7-21(16-18)26-17-22(29)27-20-11-9-19(10-12-20)24(31)25-14-5-15-32-3/h4,6-7,9-12,16,26H,5,8,13-15,17H2,1-3H3,(H,25,31)(H,27,29). The Kier molecular flexibility index (Phi) is 10.2. The number of benzene rings is 2. The molecule has 32 heavy (non-hydrogen) atoms. The molecule has 0 heterocycles. The van der Waals surface area contributed by atoms with E-state index in [2.05, 4.69) is 16.0 Å². The number of rotatable bonds is 12. The van der Waals surface area contributed by atoms with E-state index in [4.69, 9.17) is 4.74 Å². The molecule has 0 aliphatic heterocycles. The molecule has 0 fully saturated rings. The van der Waals surface area contributed by atoms with Crippen molar-refractivity contribution in [1.82, 2.24) is 10.2 Å². The average molecular weight is 441 g/mol. The minimum Gasteiger partial charge on any atom is -0.385 e. The first-order chi connectivity index (χ1) is 15.4. The summed E-state index contributed by atoms with van der Waals surface area (Å²) in [4.78, 5) is 37.7. The number of aryl methyl sites for hydroxylation is 1. The molecule has 0 bridgehead atoms. The molecule has 3 N–H and O–H groups in total. The summed E-state index contributed by atoms with van der Waals surface area (Å²) in [5, 5.41) is 8.72. The Morgan fingerprint density at radius 3 is 2.44 bits per heavy atom. The van der Waals surface area contributed by atoms with E-state index in [0.29, 0.717) is 37.2 Å². The zero-order valence-electron chi connectivity index (χ0n) is 18.9. The molecule has 0 spiro atoms. The number of amides is 3. The van der Waals surface area contributed by atoms with Gasteiger partial charge in [-0.25, -0.2) is 0 Å². The molecule has 3 amide bonds. The van der Waals surface area contributed by atoms with Crippen LogP contribution in [0.15, 0.2) is 48.5 Å². The van der Waals surface area contributed by atoms with Gasteiger partial charge in [0.15, 0.2) is 0 Å². The van der Waals surface area contributed by atoms with Crippen molar-refractivity contribution < 1.29 is 19.1 Å². The number of hydrogen-bond acceptors (Lipinski definition) is 5. The molecule has 0 aromatic heterocycles. The summed E-state index contributed by atoms with van der Waals surface area (Å²) in [5.41, 5.74) is 2.99. The number of nitrogens with zero attached hydrogens (tertiary/aromatic N) is 1. The number of hydrogen-bond donors (Lipinski definition) is 3. The SMILES string of the molecule is COCCCNC(=O)c1ccc(NC(=O)CNc2cccc(CCC(=O)N(C)C)c2)cc1. The minimum absolute atomic E-state index is 0.0809. The van der Waals surface area contributed by atoms with E-state index in [0.717, 1.165) is 17.7 Å². The molecule has 2 rings (SSSR count). The molecule has 0 saturated carbocycles. The highest BCUT2D eigenvalue weighted by atomic mass is 16.5. The Balaban J connectivity index is 1.78. The number of carbonyl (C=O) groups is 3. The maximum Gasteiger partial charge on any atom is 0.251 e. The van der Waals surface area contributed by atoms with Crippen molar-refractivity contribution in [3.8, 4) is 0 Å². The minimum atomic E-state index is -0.199. The van der Waals surface area contributed by atoms with Gasteiger partial charge in [-0.3, -0.25) is 14.4 Å². The fourth-order valence-corrected chi connectivity index (χ4v) is 2.92. The molecule has 0 aliphatic rings. The van der Waals surface area contributed by atoms with Crippen molar-refractivity contribution in [3.05, 3.63) is 59.7 Å². The summed E-state index contributed by atoms with van der Waals surface area (Å²) in [7, 11) is 5.11. The smallest absolute Gasteiger partial charge is 0.251 e. The van der Waals surface area contributed by atoms with Crippen molar-refractivity contribution in [2.24, 2.45) is 0 Å². The zero-order chi connectivity index (χ0) is 23.3. The number of ether oxygens (including phenoxy) is 1. The van der Waals surface area contributed by atoms with Gasteiger partial charge in [-0.1, -0.05) is 12.1 Å². The number of anilines is 2. The van der Waals surface area contributed by atoms with Gasteiger partial charge in [0.25, 0.3) is 5.91 Å². The van der Waals surface area contributed by atoms with E-state index in [1.807, 2.05) is 24.3 Å². The highest BCUT2D eigenvalue weighted by Crippen LogP contribution is 2.13. The summed E-state index contributed by atoms with van der Waals surface area (Å²) in [6.07, 6.45) is 1.84. The van der Waals surface area contributed by atoms with Crippen LogP contribution in [0, 0.1) is 0 Å². The quantitative estimate of drug-likeness (QED) is 0.441. The molecule has 172 valence electrons. The maximum atomic E-state index is 12.3. The Morgan fingerprint density at radius 2 is 1.75 bits per heavy atom. The van der Waals surface area contributed by atoms with Gasteiger partial charge in [0.2, 0.25) is 11.8 Å². The Labute approximate surface area is 189 Å². The summed E-state index contributed by atoms with van der Waals surface area (Å²) < 4.78 is 4.95. The lowest BCUT2D eigenvalue weighted by molar-refractivity contribution is -0.128. The summed E-state index contributed by atoms with van der Waals surface area (Å²) >= 11 is 0. The summed E-state index contributed by atoms with van der Waals surface area (Å²) in [6.45, 7) is 1.24. The van der Waals surface area contributed by atoms with E-state index in [-0.39, 0.29) is 24.3 Å². The third kappa shape index (κ3) is 8.77. The number of methoxy groups -OCH3 is 1. The molecule has 8 heteroatoms. The Morgan fingerprint density at radius 1 is 1.00 bits per heavy atom. The molecule has 0 unspecified atom stereocenters. The van der Waals surface area contributed by atoms with Crippen molar-refractivity contribution in [3.63, 3.8) is 0 Å². The second kappa shape index (κ2) is 13.1.